The topological polar surface area (TPSA) is 84.9 Å². The van der Waals surface area contributed by atoms with Crippen molar-refractivity contribution in [2.75, 3.05) is 5.32 Å². The largest absolute Gasteiger partial charge is 0.478 e. The lowest BCUT2D eigenvalue weighted by molar-refractivity contribution is -0.115. The van der Waals surface area contributed by atoms with Crippen molar-refractivity contribution in [2.45, 2.75) is 55.0 Å². The van der Waals surface area contributed by atoms with Crippen LogP contribution in [0.5, 0.6) is 11.5 Å². The van der Waals surface area contributed by atoms with Gasteiger partial charge in [0.25, 0.3) is 0 Å². The number of carboxylic acid groups (broad SMARTS) is 1. The van der Waals surface area contributed by atoms with Gasteiger partial charge < -0.3 is 19.9 Å². The third-order valence-corrected chi connectivity index (χ3v) is 9.32. The zero-order chi connectivity index (χ0) is 31.0. The molecule has 0 aromatic heterocycles. The van der Waals surface area contributed by atoms with E-state index >= 15 is 0 Å². The first-order chi connectivity index (χ1) is 22.0. The highest BCUT2D eigenvalue weighted by Gasteiger charge is 2.22. The molecule has 0 aliphatic heterocycles. The van der Waals surface area contributed by atoms with Crippen molar-refractivity contribution < 1.29 is 24.2 Å². The molecule has 1 aliphatic rings. The molecule has 0 bridgehead atoms. The fraction of sp³-hybridized carbons (Fsp3) is 0.211. The number of carboxylic acids is 1. The average Bonchev–Trinajstić information content (AvgIpc) is 3.06. The minimum atomic E-state index is -1.08. The van der Waals surface area contributed by atoms with Gasteiger partial charge >= 0.3 is 5.97 Å². The van der Waals surface area contributed by atoms with Crippen LogP contribution in [0, 0.1) is 0 Å². The number of anilines is 1. The van der Waals surface area contributed by atoms with E-state index in [-0.39, 0.29) is 23.6 Å². The second-order valence-electron chi connectivity index (χ2n) is 11.3. The molecular formula is C38H35NO5S. The number of hydrogen-bond acceptors (Lipinski definition) is 5. The Labute approximate surface area is 267 Å². The van der Waals surface area contributed by atoms with E-state index < -0.39 is 5.97 Å². The quantitative estimate of drug-likeness (QED) is 0.154. The summed E-state index contributed by atoms with van der Waals surface area (Å²) in [6.07, 6.45) is 5.01. The number of carbonyl (C=O) groups excluding carboxylic acids is 1. The summed E-state index contributed by atoms with van der Waals surface area (Å²) in [5.74, 6) is 0.0435. The molecule has 45 heavy (non-hydrogen) atoms. The maximum Gasteiger partial charge on any atom is 0.337 e. The number of rotatable bonds is 11. The summed E-state index contributed by atoms with van der Waals surface area (Å²) in [5.41, 5.74) is 2.37. The van der Waals surface area contributed by atoms with Crippen molar-refractivity contribution in [3.63, 3.8) is 0 Å². The zero-order valence-electron chi connectivity index (χ0n) is 24.9. The van der Waals surface area contributed by atoms with E-state index in [1.807, 2.05) is 54.2 Å². The monoisotopic (exact) mass is 617 g/mol. The normalized spacial score (nSPS) is 16.3. The second kappa shape index (κ2) is 14.5. The molecule has 0 spiro atoms. The van der Waals surface area contributed by atoms with Gasteiger partial charge in [0, 0.05) is 10.1 Å². The Balaban J connectivity index is 0.989. The van der Waals surface area contributed by atoms with Gasteiger partial charge in [-0.1, -0.05) is 66.7 Å². The smallest absolute Gasteiger partial charge is 0.337 e. The maximum atomic E-state index is 12.5. The molecule has 0 heterocycles. The molecule has 6 rings (SSSR count). The highest BCUT2D eigenvalue weighted by atomic mass is 32.2. The first-order valence-corrected chi connectivity index (χ1v) is 16.1. The number of hydrogen-bond donors (Lipinski definition) is 2. The van der Waals surface area contributed by atoms with Crippen molar-refractivity contribution in [3.05, 3.63) is 132 Å². The van der Waals surface area contributed by atoms with Crippen molar-refractivity contribution >= 4 is 40.1 Å². The number of amides is 1. The van der Waals surface area contributed by atoms with Gasteiger partial charge in [-0.2, -0.15) is 0 Å². The summed E-state index contributed by atoms with van der Waals surface area (Å²) < 4.78 is 12.3. The molecule has 0 radical (unpaired) electrons. The number of carbonyl (C=O) groups is 2. The summed E-state index contributed by atoms with van der Waals surface area (Å²) >= 11 is 1.97. The van der Waals surface area contributed by atoms with Gasteiger partial charge in [0.05, 0.1) is 30.4 Å². The number of thioether (sulfide) groups is 1. The SMILES string of the molecule is O=C(Cc1ccc(Oc2ccc3cc(SC4CCC(OCc5ccccc5)CC4)ccc3c2)cc1)Nc1ccccc1C(=O)O. The van der Waals surface area contributed by atoms with Crippen LogP contribution in [0.2, 0.25) is 0 Å². The third kappa shape index (κ3) is 8.32. The molecule has 2 N–H and O–H groups in total. The Morgan fingerprint density at radius 2 is 1.42 bits per heavy atom. The molecule has 1 aliphatic carbocycles. The zero-order valence-corrected chi connectivity index (χ0v) is 25.7. The Hall–Kier alpha value is -4.59. The van der Waals surface area contributed by atoms with Crippen molar-refractivity contribution in [3.8, 4) is 11.5 Å². The molecule has 1 amide bonds. The molecule has 7 heteroatoms. The summed E-state index contributed by atoms with van der Waals surface area (Å²) in [5, 5.41) is 14.9. The molecule has 1 fully saturated rings. The van der Waals surface area contributed by atoms with E-state index in [1.165, 1.54) is 21.9 Å². The lowest BCUT2D eigenvalue weighted by Crippen LogP contribution is -2.22. The van der Waals surface area contributed by atoms with Crippen LogP contribution in [0.4, 0.5) is 5.69 Å². The molecule has 0 saturated heterocycles. The van der Waals surface area contributed by atoms with Crippen LogP contribution in [0.15, 0.2) is 120 Å². The lowest BCUT2D eigenvalue weighted by Gasteiger charge is -2.28. The number of para-hydroxylation sites is 1. The van der Waals surface area contributed by atoms with Gasteiger partial charge in [-0.15, -0.1) is 11.8 Å². The fourth-order valence-electron chi connectivity index (χ4n) is 5.61. The molecule has 5 aromatic carbocycles. The minimum Gasteiger partial charge on any atom is -0.478 e. The van der Waals surface area contributed by atoms with E-state index in [0.717, 1.165) is 42.4 Å². The Bertz CT molecular complexity index is 1770. The molecule has 228 valence electrons. The molecule has 0 unspecified atom stereocenters. The predicted molar refractivity (Wildman–Crippen MR) is 179 cm³/mol. The van der Waals surface area contributed by atoms with Gasteiger partial charge in [0.1, 0.15) is 11.5 Å². The molecule has 6 nitrogen and oxygen atoms in total. The van der Waals surface area contributed by atoms with E-state index in [9.17, 15) is 14.7 Å². The first-order valence-electron chi connectivity index (χ1n) is 15.2. The van der Waals surface area contributed by atoms with E-state index in [4.69, 9.17) is 9.47 Å². The van der Waals surface area contributed by atoms with Gasteiger partial charge in [0.2, 0.25) is 5.91 Å². The number of ether oxygens (including phenoxy) is 2. The Kier molecular flexibility index (Phi) is 9.78. The van der Waals surface area contributed by atoms with Crippen molar-refractivity contribution in [1.82, 2.24) is 0 Å². The standard InChI is InChI=1S/C38H35NO5S/c40-37(39-36-9-5-4-8-35(36)38(41)42)22-26-10-14-31(15-11-26)44-32-16-12-29-24-34(19-13-28(29)23-32)45-33-20-17-30(18-21-33)43-25-27-6-2-1-3-7-27/h1-16,19,23-24,30,33H,17-18,20-22,25H2,(H,39,40)(H,41,42). The van der Waals surface area contributed by atoms with Crippen molar-refractivity contribution in [2.24, 2.45) is 0 Å². The summed E-state index contributed by atoms with van der Waals surface area (Å²) in [6.45, 7) is 0.692. The van der Waals surface area contributed by atoms with Crippen LogP contribution in [-0.4, -0.2) is 28.3 Å². The van der Waals surface area contributed by atoms with Crippen LogP contribution < -0.4 is 10.1 Å². The Morgan fingerprint density at radius 1 is 0.733 bits per heavy atom. The van der Waals surface area contributed by atoms with Crippen LogP contribution in [0.1, 0.15) is 47.2 Å². The van der Waals surface area contributed by atoms with Crippen LogP contribution >= 0.6 is 11.8 Å². The van der Waals surface area contributed by atoms with Gasteiger partial charge in [-0.3, -0.25) is 4.79 Å². The lowest BCUT2D eigenvalue weighted by atomic mass is 9.97. The van der Waals surface area contributed by atoms with Gasteiger partial charge in [0.15, 0.2) is 0 Å². The second-order valence-corrected chi connectivity index (χ2v) is 12.7. The first kappa shape index (κ1) is 30.4. The van der Waals surface area contributed by atoms with Gasteiger partial charge in [-0.25, -0.2) is 4.79 Å². The minimum absolute atomic E-state index is 0.0585. The molecule has 1 saturated carbocycles. The van der Waals surface area contributed by atoms with Crippen LogP contribution in [0.3, 0.4) is 0 Å². The summed E-state index contributed by atoms with van der Waals surface area (Å²) in [4.78, 5) is 25.2. The number of aromatic carboxylic acids is 1. The summed E-state index contributed by atoms with van der Waals surface area (Å²) in [7, 11) is 0. The number of nitrogens with one attached hydrogen (secondary N) is 1. The Morgan fingerprint density at radius 3 is 2.20 bits per heavy atom. The van der Waals surface area contributed by atoms with E-state index in [2.05, 4.69) is 53.8 Å². The summed E-state index contributed by atoms with van der Waals surface area (Å²) in [6, 6.07) is 36.8. The van der Waals surface area contributed by atoms with E-state index in [0.29, 0.717) is 23.7 Å². The molecule has 0 atom stereocenters. The van der Waals surface area contributed by atoms with Crippen LogP contribution in [-0.2, 0) is 22.6 Å². The highest BCUT2D eigenvalue weighted by molar-refractivity contribution is 8.00. The molecular weight excluding hydrogens is 582 g/mol. The maximum absolute atomic E-state index is 12.5. The highest BCUT2D eigenvalue weighted by Crippen LogP contribution is 2.37. The van der Waals surface area contributed by atoms with Crippen molar-refractivity contribution in [1.29, 1.82) is 0 Å². The number of fused-ring (bicyclic) bond motifs is 1. The molecule has 5 aromatic rings. The van der Waals surface area contributed by atoms with E-state index in [1.54, 1.807) is 18.2 Å². The average molecular weight is 618 g/mol. The van der Waals surface area contributed by atoms with Gasteiger partial charge in [-0.05, 0) is 96.1 Å². The predicted octanol–water partition coefficient (Wildman–Crippen LogP) is 9.13. The number of benzene rings is 5. The van der Waals surface area contributed by atoms with Crippen LogP contribution in [0.25, 0.3) is 10.8 Å². The third-order valence-electron chi connectivity index (χ3n) is 7.99. The fourth-order valence-corrected chi connectivity index (χ4v) is 6.84.